The molecule has 19 heavy (non-hydrogen) atoms. The molecule has 0 bridgehead atoms. The normalized spacial score (nSPS) is 10.2. The van der Waals surface area contributed by atoms with E-state index < -0.39 is 0 Å². The highest BCUT2D eigenvalue weighted by Gasteiger charge is 2.10. The molecule has 0 heterocycles. The minimum atomic E-state index is -0.148. The second-order valence-corrected chi connectivity index (χ2v) is 5.30. The van der Waals surface area contributed by atoms with Gasteiger partial charge in [0, 0.05) is 11.4 Å². The monoisotopic (exact) mass is 291 g/mol. The highest BCUT2D eigenvalue weighted by atomic mass is 35.5. The predicted molar refractivity (Wildman–Crippen MR) is 80.8 cm³/mol. The lowest BCUT2D eigenvalue weighted by Crippen LogP contribution is -2.23. The van der Waals surface area contributed by atoms with Crippen LogP contribution in [0.3, 0.4) is 0 Å². The van der Waals surface area contributed by atoms with Crippen molar-refractivity contribution in [3.05, 3.63) is 64.7 Å². The number of rotatable bonds is 4. The van der Waals surface area contributed by atoms with Crippen LogP contribution in [0.5, 0.6) is 0 Å². The number of benzene rings is 2. The molecule has 0 radical (unpaired) electrons. The van der Waals surface area contributed by atoms with E-state index in [4.69, 9.17) is 11.6 Å². The average Bonchev–Trinajstić information content (AvgIpc) is 2.46. The molecule has 2 rings (SSSR count). The van der Waals surface area contributed by atoms with Gasteiger partial charge in [-0.15, -0.1) is 11.8 Å². The Hall–Kier alpha value is -1.45. The third kappa shape index (κ3) is 3.75. The zero-order valence-corrected chi connectivity index (χ0v) is 12.1. The molecule has 0 atom stereocenters. The Morgan fingerprint density at radius 3 is 2.63 bits per heavy atom. The summed E-state index contributed by atoms with van der Waals surface area (Å²) in [5.74, 6) is -0.148. The van der Waals surface area contributed by atoms with E-state index in [1.165, 1.54) is 0 Å². The maximum atomic E-state index is 12.1. The van der Waals surface area contributed by atoms with Crippen molar-refractivity contribution in [3.8, 4) is 0 Å². The fourth-order valence-corrected chi connectivity index (χ4v) is 2.32. The van der Waals surface area contributed by atoms with Gasteiger partial charge in [0.1, 0.15) is 0 Å². The van der Waals surface area contributed by atoms with Crippen molar-refractivity contribution < 1.29 is 4.79 Å². The number of carbonyl (C=O) groups is 1. The quantitative estimate of drug-likeness (QED) is 0.863. The molecule has 0 saturated carbocycles. The molecule has 0 saturated heterocycles. The highest BCUT2D eigenvalue weighted by Crippen LogP contribution is 2.22. The molecule has 2 nitrogen and oxygen atoms in total. The Balaban J connectivity index is 2.08. The molecule has 2 aromatic rings. The number of carbonyl (C=O) groups excluding carboxylic acids is 1. The molecule has 0 aromatic heterocycles. The van der Waals surface area contributed by atoms with Crippen molar-refractivity contribution >= 4 is 29.3 Å². The summed E-state index contributed by atoms with van der Waals surface area (Å²) in [5.41, 5.74) is 1.58. The van der Waals surface area contributed by atoms with Gasteiger partial charge in [-0.1, -0.05) is 41.9 Å². The van der Waals surface area contributed by atoms with Crippen molar-refractivity contribution in [3.63, 3.8) is 0 Å². The van der Waals surface area contributed by atoms with Gasteiger partial charge in [-0.3, -0.25) is 4.79 Å². The van der Waals surface area contributed by atoms with Crippen LogP contribution in [-0.2, 0) is 6.54 Å². The number of hydrogen-bond donors (Lipinski definition) is 1. The molecule has 0 aliphatic rings. The fraction of sp³-hybridized carbons (Fsp3) is 0.133. The topological polar surface area (TPSA) is 29.1 Å². The van der Waals surface area contributed by atoms with Crippen LogP contribution in [0.2, 0.25) is 5.02 Å². The molecule has 98 valence electrons. The summed E-state index contributed by atoms with van der Waals surface area (Å²) in [4.78, 5) is 13.1. The first-order valence-electron chi connectivity index (χ1n) is 5.86. The Bertz CT molecular complexity index is 572. The van der Waals surface area contributed by atoms with Crippen LogP contribution in [-0.4, -0.2) is 12.2 Å². The van der Waals surface area contributed by atoms with Gasteiger partial charge < -0.3 is 5.32 Å². The van der Waals surface area contributed by atoms with Crippen molar-refractivity contribution in [1.82, 2.24) is 5.32 Å². The van der Waals surface area contributed by atoms with E-state index in [0.717, 1.165) is 10.5 Å². The van der Waals surface area contributed by atoms with Crippen LogP contribution in [0.25, 0.3) is 0 Å². The largest absolute Gasteiger partial charge is 0.348 e. The minimum absolute atomic E-state index is 0.148. The summed E-state index contributed by atoms with van der Waals surface area (Å²) < 4.78 is 0. The SMILES string of the molecule is CSc1ccc(Cl)c(C(=O)NCc2ccccc2)c1. The molecule has 0 aliphatic carbocycles. The van der Waals surface area contributed by atoms with Crippen molar-refractivity contribution in [2.24, 2.45) is 0 Å². The van der Waals surface area contributed by atoms with Gasteiger partial charge in [0.05, 0.1) is 10.6 Å². The zero-order chi connectivity index (χ0) is 13.7. The van der Waals surface area contributed by atoms with Crippen molar-refractivity contribution in [2.45, 2.75) is 11.4 Å². The molecule has 4 heteroatoms. The molecule has 0 spiro atoms. The lowest BCUT2D eigenvalue weighted by atomic mass is 10.2. The van der Waals surface area contributed by atoms with Gasteiger partial charge in [-0.2, -0.15) is 0 Å². The van der Waals surface area contributed by atoms with Gasteiger partial charge in [0.2, 0.25) is 0 Å². The zero-order valence-electron chi connectivity index (χ0n) is 10.5. The molecule has 1 N–H and O–H groups in total. The summed E-state index contributed by atoms with van der Waals surface area (Å²) in [5, 5.41) is 3.35. The van der Waals surface area contributed by atoms with Crippen LogP contribution in [0.15, 0.2) is 53.4 Å². The molecule has 1 amide bonds. The lowest BCUT2D eigenvalue weighted by molar-refractivity contribution is 0.0951. The van der Waals surface area contributed by atoms with Crippen LogP contribution < -0.4 is 5.32 Å². The number of thioether (sulfide) groups is 1. The maximum Gasteiger partial charge on any atom is 0.253 e. The Kier molecular flexibility index (Phi) is 4.88. The molecule has 0 fully saturated rings. The van der Waals surface area contributed by atoms with E-state index >= 15 is 0 Å². The Morgan fingerprint density at radius 2 is 1.95 bits per heavy atom. The van der Waals surface area contributed by atoms with Crippen LogP contribution in [0.1, 0.15) is 15.9 Å². The average molecular weight is 292 g/mol. The first-order valence-corrected chi connectivity index (χ1v) is 7.46. The third-order valence-electron chi connectivity index (χ3n) is 2.71. The summed E-state index contributed by atoms with van der Waals surface area (Å²) in [6.07, 6.45) is 1.97. The van der Waals surface area contributed by atoms with E-state index in [-0.39, 0.29) is 5.91 Å². The van der Waals surface area contributed by atoms with Gasteiger partial charge in [-0.25, -0.2) is 0 Å². The molecule has 2 aromatic carbocycles. The number of halogens is 1. The van der Waals surface area contributed by atoms with E-state index in [1.54, 1.807) is 17.8 Å². The number of amides is 1. The van der Waals surface area contributed by atoms with E-state index in [0.29, 0.717) is 17.1 Å². The van der Waals surface area contributed by atoms with Gasteiger partial charge in [0.15, 0.2) is 0 Å². The number of hydrogen-bond acceptors (Lipinski definition) is 2. The highest BCUT2D eigenvalue weighted by molar-refractivity contribution is 7.98. The smallest absolute Gasteiger partial charge is 0.253 e. The fourth-order valence-electron chi connectivity index (χ4n) is 1.68. The Labute approximate surface area is 122 Å². The first-order chi connectivity index (χ1) is 9.20. The van der Waals surface area contributed by atoms with Crippen molar-refractivity contribution in [2.75, 3.05) is 6.26 Å². The number of nitrogens with one attached hydrogen (secondary N) is 1. The molecule has 0 unspecified atom stereocenters. The lowest BCUT2D eigenvalue weighted by Gasteiger charge is -2.08. The van der Waals surface area contributed by atoms with Gasteiger partial charge in [-0.05, 0) is 30.0 Å². The van der Waals surface area contributed by atoms with E-state index in [2.05, 4.69) is 5.32 Å². The summed E-state index contributed by atoms with van der Waals surface area (Å²) in [6.45, 7) is 0.500. The minimum Gasteiger partial charge on any atom is -0.348 e. The van der Waals surface area contributed by atoms with Gasteiger partial charge in [0.25, 0.3) is 5.91 Å². The Morgan fingerprint density at radius 1 is 1.21 bits per heavy atom. The van der Waals surface area contributed by atoms with Crippen LogP contribution in [0, 0.1) is 0 Å². The molecular weight excluding hydrogens is 278 g/mol. The van der Waals surface area contributed by atoms with Gasteiger partial charge >= 0.3 is 0 Å². The predicted octanol–water partition coefficient (Wildman–Crippen LogP) is 3.99. The second kappa shape index (κ2) is 6.64. The van der Waals surface area contributed by atoms with E-state index in [9.17, 15) is 4.79 Å². The van der Waals surface area contributed by atoms with Crippen molar-refractivity contribution in [1.29, 1.82) is 0 Å². The summed E-state index contributed by atoms with van der Waals surface area (Å²) in [7, 11) is 0. The van der Waals surface area contributed by atoms with Crippen LogP contribution >= 0.6 is 23.4 Å². The summed E-state index contributed by atoms with van der Waals surface area (Å²) in [6, 6.07) is 15.3. The third-order valence-corrected chi connectivity index (χ3v) is 3.77. The molecular formula is C15H14ClNOS. The van der Waals surface area contributed by atoms with E-state index in [1.807, 2.05) is 48.7 Å². The summed E-state index contributed by atoms with van der Waals surface area (Å²) >= 11 is 7.64. The maximum absolute atomic E-state index is 12.1. The second-order valence-electron chi connectivity index (χ2n) is 4.01. The standard InChI is InChI=1S/C15H14ClNOS/c1-19-12-7-8-14(16)13(9-12)15(18)17-10-11-5-3-2-4-6-11/h2-9H,10H2,1H3,(H,17,18). The molecule has 0 aliphatic heterocycles. The van der Waals surface area contributed by atoms with Crippen LogP contribution in [0.4, 0.5) is 0 Å². The first kappa shape index (κ1) is 14.0.